The highest BCUT2D eigenvalue weighted by Crippen LogP contribution is 2.24. The standard InChI is InChI=1S/C20H21IN2O/c1-3-16-14-15(2)4-9-19(16)22-10-12-23(13-11-22)20(24)17-5-7-18(21)8-6-17/h3-9,14H,1,10-13H2,2H3. The SMILES string of the molecule is C=Cc1cc(C)ccc1N1CCN(C(=O)c2ccc(I)cc2)CC1. The fourth-order valence-corrected chi connectivity index (χ4v) is 3.41. The molecule has 0 unspecified atom stereocenters. The first-order chi connectivity index (χ1) is 11.6. The van der Waals surface area contributed by atoms with Gasteiger partial charge in [-0.15, -0.1) is 0 Å². The Kier molecular flexibility index (Phi) is 5.23. The van der Waals surface area contributed by atoms with Crippen LogP contribution in [0.3, 0.4) is 0 Å². The number of hydrogen-bond donors (Lipinski definition) is 0. The van der Waals surface area contributed by atoms with Crippen molar-refractivity contribution in [2.24, 2.45) is 0 Å². The van der Waals surface area contributed by atoms with Crippen molar-refractivity contribution in [1.82, 2.24) is 4.90 Å². The number of piperazine rings is 1. The van der Waals surface area contributed by atoms with Gasteiger partial charge in [-0.3, -0.25) is 4.79 Å². The summed E-state index contributed by atoms with van der Waals surface area (Å²) in [6.45, 7) is 9.20. The minimum atomic E-state index is 0.124. The van der Waals surface area contributed by atoms with Crippen molar-refractivity contribution in [2.45, 2.75) is 6.92 Å². The van der Waals surface area contributed by atoms with Gasteiger partial charge in [-0.2, -0.15) is 0 Å². The Morgan fingerprint density at radius 3 is 2.38 bits per heavy atom. The Hall–Kier alpha value is -1.82. The van der Waals surface area contributed by atoms with Crippen molar-refractivity contribution in [2.75, 3.05) is 31.1 Å². The molecule has 3 nitrogen and oxygen atoms in total. The van der Waals surface area contributed by atoms with Gasteiger partial charge < -0.3 is 9.80 Å². The Morgan fingerprint density at radius 1 is 1.08 bits per heavy atom. The minimum Gasteiger partial charge on any atom is -0.367 e. The first kappa shape index (κ1) is 17.0. The summed E-state index contributed by atoms with van der Waals surface area (Å²) in [4.78, 5) is 16.9. The van der Waals surface area contributed by atoms with Gasteiger partial charge in [0.25, 0.3) is 5.91 Å². The molecule has 0 aliphatic carbocycles. The van der Waals surface area contributed by atoms with E-state index >= 15 is 0 Å². The monoisotopic (exact) mass is 432 g/mol. The fraction of sp³-hybridized carbons (Fsp3) is 0.250. The number of hydrogen-bond acceptors (Lipinski definition) is 2. The lowest BCUT2D eigenvalue weighted by Crippen LogP contribution is -2.49. The fourth-order valence-electron chi connectivity index (χ4n) is 3.05. The Labute approximate surface area is 157 Å². The van der Waals surface area contributed by atoms with E-state index in [2.05, 4.69) is 59.2 Å². The molecule has 1 aliphatic rings. The molecule has 1 amide bonds. The molecule has 0 radical (unpaired) electrons. The van der Waals surface area contributed by atoms with Gasteiger partial charge in [0, 0.05) is 41.0 Å². The summed E-state index contributed by atoms with van der Waals surface area (Å²) in [6, 6.07) is 14.2. The lowest BCUT2D eigenvalue weighted by atomic mass is 10.1. The van der Waals surface area contributed by atoms with Crippen molar-refractivity contribution in [3.63, 3.8) is 0 Å². The van der Waals surface area contributed by atoms with Gasteiger partial charge in [-0.05, 0) is 71.5 Å². The largest absolute Gasteiger partial charge is 0.367 e. The van der Waals surface area contributed by atoms with E-state index in [1.54, 1.807) is 0 Å². The van der Waals surface area contributed by atoms with E-state index in [0.29, 0.717) is 0 Å². The van der Waals surface area contributed by atoms with Crippen LogP contribution in [0.15, 0.2) is 49.0 Å². The minimum absolute atomic E-state index is 0.124. The van der Waals surface area contributed by atoms with Gasteiger partial charge in [0.2, 0.25) is 0 Å². The summed E-state index contributed by atoms with van der Waals surface area (Å²) in [6.07, 6.45) is 1.91. The van der Waals surface area contributed by atoms with Crippen molar-refractivity contribution in [3.8, 4) is 0 Å². The number of aryl methyl sites for hydroxylation is 1. The van der Waals surface area contributed by atoms with Crippen LogP contribution in [-0.4, -0.2) is 37.0 Å². The van der Waals surface area contributed by atoms with E-state index in [1.807, 2.05) is 35.2 Å². The highest BCUT2D eigenvalue weighted by molar-refractivity contribution is 14.1. The number of anilines is 1. The number of carbonyl (C=O) groups excluding carboxylic acids is 1. The zero-order valence-electron chi connectivity index (χ0n) is 13.8. The van der Waals surface area contributed by atoms with E-state index in [0.717, 1.165) is 40.9 Å². The Morgan fingerprint density at radius 2 is 1.75 bits per heavy atom. The normalized spacial score (nSPS) is 14.6. The van der Waals surface area contributed by atoms with Crippen molar-refractivity contribution >= 4 is 40.3 Å². The summed E-state index contributed by atoms with van der Waals surface area (Å²) >= 11 is 2.25. The van der Waals surface area contributed by atoms with Crippen LogP contribution < -0.4 is 4.90 Å². The third kappa shape index (κ3) is 3.64. The van der Waals surface area contributed by atoms with Gasteiger partial charge >= 0.3 is 0 Å². The van der Waals surface area contributed by atoms with E-state index in [1.165, 1.54) is 11.3 Å². The Balaban J connectivity index is 1.68. The van der Waals surface area contributed by atoms with Crippen LogP contribution in [0.1, 0.15) is 21.5 Å². The third-order valence-corrected chi connectivity index (χ3v) is 5.12. The zero-order valence-corrected chi connectivity index (χ0v) is 16.0. The van der Waals surface area contributed by atoms with Gasteiger partial charge in [-0.1, -0.05) is 24.3 Å². The maximum atomic E-state index is 12.6. The smallest absolute Gasteiger partial charge is 0.253 e. The van der Waals surface area contributed by atoms with E-state index in [4.69, 9.17) is 0 Å². The van der Waals surface area contributed by atoms with Crippen LogP contribution in [0.25, 0.3) is 6.08 Å². The number of amides is 1. The molecule has 124 valence electrons. The molecule has 24 heavy (non-hydrogen) atoms. The quantitative estimate of drug-likeness (QED) is 0.679. The molecule has 4 heteroatoms. The summed E-state index contributed by atoms with van der Waals surface area (Å²) in [5.74, 6) is 0.124. The number of halogens is 1. The molecule has 0 aromatic heterocycles. The predicted octanol–water partition coefficient (Wildman–Crippen LogP) is 4.21. The van der Waals surface area contributed by atoms with E-state index in [-0.39, 0.29) is 5.91 Å². The summed E-state index contributed by atoms with van der Waals surface area (Å²) < 4.78 is 1.14. The molecule has 0 saturated carbocycles. The maximum absolute atomic E-state index is 12.6. The van der Waals surface area contributed by atoms with E-state index in [9.17, 15) is 4.79 Å². The predicted molar refractivity (Wildman–Crippen MR) is 109 cm³/mol. The second-order valence-corrected chi connectivity index (χ2v) is 7.30. The molecule has 0 atom stereocenters. The van der Waals surface area contributed by atoms with Crippen LogP contribution >= 0.6 is 22.6 Å². The maximum Gasteiger partial charge on any atom is 0.253 e. The molecular formula is C20H21IN2O. The average Bonchev–Trinajstić information content (AvgIpc) is 2.62. The summed E-state index contributed by atoms with van der Waals surface area (Å²) in [5.41, 5.74) is 4.37. The molecule has 1 fully saturated rings. The average molecular weight is 432 g/mol. The topological polar surface area (TPSA) is 23.6 Å². The zero-order chi connectivity index (χ0) is 17.1. The van der Waals surface area contributed by atoms with Gasteiger partial charge in [0.1, 0.15) is 0 Å². The number of nitrogens with zero attached hydrogens (tertiary/aromatic N) is 2. The van der Waals surface area contributed by atoms with E-state index < -0.39 is 0 Å². The number of benzene rings is 2. The molecule has 1 saturated heterocycles. The van der Waals surface area contributed by atoms with Gasteiger partial charge in [-0.25, -0.2) is 0 Å². The van der Waals surface area contributed by atoms with Crippen LogP contribution in [0.5, 0.6) is 0 Å². The first-order valence-electron chi connectivity index (χ1n) is 8.11. The molecule has 2 aromatic carbocycles. The molecule has 0 bridgehead atoms. The van der Waals surface area contributed by atoms with Crippen molar-refractivity contribution < 1.29 is 4.79 Å². The molecule has 1 aliphatic heterocycles. The van der Waals surface area contributed by atoms with Crippen LogP contribution in [0.4, 0.5) is 5.69 Å². The van der Waals surface area contributed by atoms with Crippen LogP contribution in [0, 0.1) is 10.5 Å². The Bertz CT molecular complexity index is 747. The van der Waals surface area contributed by atoms with Crippen LogP contribution in [0.2, 0.25) is 0 Å². The molecule has 0 N–H and O–H groups in total. The first-order valence-corrected chi connectivity index (χ1v) is 9.19. The molecule has 3 rings (SSSR count). The molecule has 0 spiro atoms. The second kappa shape index (κ2) is 7.38. The molecular weight excluding hydrogens is 411 g/mol. The van der Waals surface area contributed by atoms with Crippen LogP contribution in [-0.2, 0) is 0 Å². The van der Waals surface area contributed by atoms with Crippen molar-refractivity contribution in [1.29, 1.82) is 0 Å². The number of carbonyl (C=O) groups is 1. The molecule has 2 aromatic rings. The number of rotatable bonds is 3. The third-order valence-electron chi connectivity index (χ3n) is 4.40. The van der Waals surface area contributed by atoms with Gasteiger partial charge in [0.05, 0.1) is 0 Å². The highest BCUT2D eigenvalue weighted by Gasteiger charge is 2.23. The lowest BCUT2D eigenvalue weighted by molar-refractivity contribution is 0.0747. The summed E-state index contributed by atoms with van der Waals surface area (Å²) in [7, 11) is 0. The summed E-state index contributed by atoms with van der Waals surface area (Å²) in [5, 5.41) is 0. The molecule has 1 heterocycles. The lowest BCUT2D eigenvalue weighted by Gasteiger charge is -2.37. The van der Waals surface area contributed by atoms with Gasteiger partial charge in [0.15, 0.2) is 0 Å². The highest BCUT2D eigenvalue weighted by atomic mass is 127. The van der Waals surface area contributed by atoms with Crippen molar-refractivity contribution in [3.05, 3.63) is 69.3 Å². The second-order valence-electron chi connectivity index (χ2n) is 6.05.